The highest BCUT2D eigenvalue weighted by Gasteiger charge is 2.29. The number of carbonyl (C=O) groups excluding carboxylic acids is 2. The summed E-state index contributed by atoms with van der Waals surface area (Å²) in [5.41, 5.74) is 0.103. The molecule has 0 aliphatic carbocycles. The minimum atomic E-state index is -3.10. The molecule has 8 nitrogen and oxygen atoms in total. The molecule has 1 atom stereocenters. The number of nitrogens with one attached hydrogen (secondary N) is 1. The van der Waals surface area contributed by atoms with E-state index >= 15 is 0 Å². The molecular formula is C16H20ClNO7S. The lowest BCUT2D eigenvalue weighted by Gasteiger charge is -2.13. The van der Waals surface area contributed by atoms with Crippen molar-refractivity contribution in [1.29, 1.82) is 0 Å². The normalized spacial score (nSPS) is 18.2. The first-order valence-corrected chi connectivity index (χ1v) is 10.1. The highest BCUT2D eigenvalue weighted by atomic mass is 35.5. The second-order valence-corrected chi connectivity index (χ2v) is 8.30. The van der Waals surface area contributed by atoms with Crippen LogP contribution < -0.4 is 14.8 Å². The van der Waals surface area contributed by atoms with Crippen LogP contribution in [0.2, 0.25) is 5.02 Å². The number of halogens is 1. The number of methoxy groups -OCH3 is 1. The topological polar surface area (TPSA) is 108 Å². The van der Waals surface area contributed by atoms with Gasteiger partial charge in [0.15, 0.2) is 27.9 Å². The highest BCUT2D eigenvalue weighted by Crippen LogP contribution is 2.36. The third-order valence-electron chi connectivity index (χ3n) is 3.69. The van der Waals surface area contributed by atoms with Crippen LogP contribution in [0, 0.1) is 0 Å². The van der Waals surface area contributed by atoms with E-state index in [9.17, 15) is 18.0 Å². The fraction of sp³-hybridized carbons (Fsp3) is 0.500. The number of amides is 1. The summed E-state index contributed by atoms with van der Waals surface area (Å²) in [4.78, 5) is 23.9. The molecule has 1 amide bonds. The van der Waals surface area contributed by atoms with Crippen molar-refractivity contribution in [3.8, 4) is 11.5 Å². The summed E-state index contributed by atoms with van der Waals surface area (Å²) in [5.74, 6) is -0.798. The van der Waals surface area contributed by atoms with E-state index in [-0.39, 0.29) is 27.8 Å². The molecule has 1 aromatic rings. The van der Waals surface area contributed by atoms with Crippen molar-refractivity contribution < 1.29 is 32.2 Å². The number of ether oxygens (including phenoxy) is 3. The average molecular weight is 406 g/mol. The maximum absolute atomic E-state index is 12.1. The lowest BCUT2D eigenvalue weighted by molar-refractivity contribution is -0.124. The third-order valence-corrected chi connectivity index (χ3v) is 5.73. The van der Waals surface area contributed by atoms with E-state index in [1.165, 1.54) is 19.2 Å². The summed E-state index contributed by atoms with van der Waals surface area (Å²) in [5, 5.41) is 2.71. The standard InChI is InChI=1S/C16H20ClNO7S/c1-3-24-15-12(17)6-10(7-13(15)23-2)16(20)25-8-14(19)18-11-4-5-26(21,22)9-11/h6-7,11H,3-5,8-9H2,1-2H3,(H,18,19)/t11-/m0/s1. The Kier molecular flexibility index (Phi) is 6.71. The Labute approximate surface area is 156 Å². The van der Waals surface area contributed by atoms with Crippen molar-refractivity contribution >= 4 is 33.3 Å². The van der Waals surface area contributed by atoms with Gasteiger partial charge in [0.1, 0.15) is 0 Å². The van der Waals surface area contributed by atoms with Gasteiger partial charge >= 0.3 is 5.97 Å². The number of sulfone groups is 1. The molecule has 26 heavy (non-hydrogen) atoms. The van der Waals surface area contributed by atoms with E-state index < -0.39 is 34.4 Å². The Hall–Kier alpha value is -2.00. The van der Waals surface area contributed by atoms with Crippen molar-refractivity contribution in [2.75, 3.05) is 31.8 Å². The van der Waals surface area contributed by atoms with Gasteiger partial charge in [-0.2, -0.15) is 0 Å². The Morgan fingerprint density at radius 1 is 1.35 bits per heavy atom. The van der Waals surface area contributed by atoms with Gasteiger partial charge in [-0.3, -0.25) is 4.79 Å². The van der Waals surface area contributed by atoms with Gasteiger partial charge in [0, 0.05) is 6.04 Å². The second-order valence-electron chi connectivity index (χ2n) is 5.67. The zero-order valence-corrected chi connectivity index (χ0v) is 16.0. The first-order valence-electron chi connectivity index (χ1n) is 7.93. The molecule has 144 valence electrons. The lowest BCUT2D eigenvalue weighted by Crippen LogP contribution is -2.38. The fourth-order valence-electron chi connectivity index (χ4n) is 2.51. The van der Waals surface area contributed by atoms with Crippen LogP contribution in [0.15, 0.2) is 12.1 Å². The molecule has 10 heteroatoms. The molecular weight excluding hydrogens is 386 g/mol. The smallest absolute Gasteiger partial charge is 0.338 e. The summed E-state index contributed by atoms with van der Waals surface area (Å²) >= 11 is 6.09. The van der Waals surface area contributed by atoms with E-state index in [0.29, 0.717) is 18.8 Å². The van der Waals surface area contributed by atoms with E-state index in [1.54, 1.807) is 6.92 Å². The van der Waals surface area contributed by atoms with Gasteiger partial charge in [-0.25, -0.2) is 13.2 Å². The van der Waals surface area contributed by atoms with Gasteiger partial charge in [-0.15, -0.1) is 0 Å². The monoisotopic (exact) mass is 405 g/mol. The summed E-state index contributed by atoms with van der Waals surface area (Å²) in [7, 11) is -1.69. The molecule has 1 fully saturated rings. The van der Waals surface area contributed by atoms with Gasteiger partial charge in [0.25, 0.3) is 5.91 Å². The van der Waals surface area contributed by atoms with Crippen molar-refractivity contribution in [2.24, 2.45) is 0 Å². The van der Waals surface area contributed by atoms with Crippen molar-refractivity contribution in [2.45, 2.75) is 19.4 Å². The van der Waals surface area contributed by atoms with Crippen molar-refractivity contribution in [1.82, 2.24) is 5.32 Å². The SMILES string of the molecule is CCOc1c(Cl)cc(C(=O)OCC(=O)N[C@H]2CCS(=O)(=O)C2)cc1OC. The predicted molar refractivity (Wildman–Crippen MR) is 94.7 cm³/mol. The molecule has 1 saturated heterocycles. The highest BCUT2D eigenvalue weighted by molar-refractivity contribution is 7.91. The zero-order chi connectivity index (χ0) is 19.3. The van der Waals surface area contributed by atoms with Crippen LogP contribution in [0.25, 0.3) is 0 Å². The van der Waals surface area contributed by atoms with Crippen molar-refractivity contribution in [3.63, 3.8) is 0 Å². The number of hydrogen-bond donors (Lipinski definition) is 1. The van der Waals surface area contributed by atoms with Crippen LogP contribution in [0.1, 0.15) is 23.7 Å². The molecule has 1 aromatic carbocycles. The summed E-state index contributed by atoms with van der Waals surface area (Å²) in [6.45, 7) is 1.63. The third kappa shape index (κ3) is 5.25. The molecule has 0 spiro atoms. The van der Waals surface area contributed by atoms with Crippen LogP contribution in [0.4, 0.5) is 0 Å². The molecule has 0 unspecified atom stereocenters. The quantitative estimate of drug-likeness (QED) is 0.679. The van der Waals surface area contributed by atoms with E-state index in [4.69, 9.17) is 25.8 Å². The molecule has 0 aromatic heterocycles. The second kappa shape index (κ2) is 8.59. The molecule has 1 aliphatic rings. The number of carbonyl (C=O) groups is 2. The predicted octanol–water partition coefficient (Wildman–Crippen LogP) is 1.21. The first-order chi connectivity index (χ1) is 12.3. The van der Waals surface area contributed by atoms with Crippen LogP contribution in [-0.2, 0) is 19.4 Å². The van der Waals surface area contributed by atoms with Gasteiger partial charge in [0.2, 0.25) is 0 Å². The fourth-order valence-corrected chi connectivity index (χ4v) is 4.45. The molecule has 1 heterocycles. The molecule has 0 radical (unpaired) electrons. The molecule has 1 aliphatic heterocycles. The Morgan fingerprint density at radius 2 is 2.08 bits per heavy atom. The number of hydrogen-bond acceptors (Lipinski definition) is 7. The largest absolute Gasteiger partial charge is 0.493 e. The Balaban J connectivity index is 1.95. The summed E-state index contributed by atoms with van der Waals surface area (Å²) in [6.07, 6.45) is 0.355. The number of rotatable bonds is 7. The lowest BCUT2D eigenvalue weighted by atomic mass is 10.2. The van der Waals surface area contributed by atoms with Crippen LogP contribution in [-0.4, -0.2) is 58.2 Å². The maximum Gasteiger partial charge on any atom is 0.338 e. The number of esters is 1. The summed E-state index contributed by atoms with van der Waals surface area (Å²) in [6, 6.07) is 2.31. The first kappa shape index (κ1) is 20.3. The average Bonchev–Trinajstić information content (AvgIpc) is 2.92. The van der Waals surface area contributed by atoms with E-state index in [1.807, 2.05) is 0 Å². The Morgan fingerprint density at radius 3 is 2.65 bits per heavy atom. The van der Waals surface area contributed by atoms with Gasteiger partial charge in [-0.1, -0.05) is 11.6 Å². The van der Waals surface area contributed by atoms with Gasteiger partial charge in [-0.05, 0) is 25.5 Å². The van der Waals surface area contributed by atoms with Gasteiger partial charge in [0.05, 0.1) is 35.8 Å². The Bertz CT molecular complexity index is 794. The van der Waals surface area contributed by atoms with Crippen LogP contribution >= 0.6 is 11.6 Å². The van der Waals surface area contributed by atoms with E-state index in [0.717, 1.165) is 0 Å². The zero-order valence-electron chi connectivity index (χ0n) is 14.4. The van der Waals surface area contributed by atoms with Crippen LogP contribution in [0.3, 0.4) is 0 Å². The van der Waals surface area contributed by atoms with Crippen molar-refractivity contribution in [3.05, 3.63) is 22.7 Å². The van der Waals surface area contributed by atoms with Crippen LogP contribution in [0.5, 0.6) is 11.5 Å². The molecule has 0 saturated carbocycles. The van der Waals surface area contributed by atoms with Gasteiger partial charge < -0.3 is 19.5 Å². The van der Waals surface area contributed by atoms with E-state index in [2.05, 4.69) is 5.32 Å². The number of benzene rings is 1. The minimum absolute atomic E-state index is 0.0439. The summed E-state index contributed by atoms with van der Waals surface area (Å²) < 4.78 is 38.2. The minimum Gasteiger partial charge on any atom is -0.493 e. The maximum atomic E-state index is 12.1. The molecule has 2 rings (SSSR count). The molecule has 0 bridgehead atoms. The molecule has 1 N–H and O–H groups in total.